The lowest BCUT2D eigenvalue weighted by atomic mass is 10.1. The van der Waals surface area contributed by atoms with Gasteiger partial charge in [-0.2, -0.15) is 0 Å². The Bertz CT molecular complexity index is 402. The van der Waals surface area contributed by atoms with Crippen LogP contribution in [-0.4, -0.2) is 12.9 Å². The SMILES string of the molecule is CCOc1cc(C=CF)c(Cl)cc1CC=O. The average Bonchev–Trinajstić information content (AvgIpc) is 2.25. The van der Waals surface area contributed by atoms with Crippen LogP contribution in [0.1, 0.15) is 18.1 Å². The lowest BCUT2D eigenvalue weighted by Crippen LogP contribution is -1.98. The van der Waals surface area contributed by atoms with Gasteiger partial charge in [0.15, 0.2) is 0 Å². The van der Waals surface area contributed by atoms with Crippen LogP contribution in [0.5, 0.6) is 5.75 Å². The summed E-state index contributed by atoms with van der Waals surface area (Å²) in [5, 5.41) is 0.397. The number of rotatable bonds is 5. The molecule has 2 nitrogen and oxygen atoms in total. The molecule has 4 heteroatoms. The minimum atomic E-state index is 0.231. The summed E-state index contributed by atoms with van der Waals surface area (Å²) in [5.41, 5.74) is 1.24. The zero-order valence-electron chi connectivity index (χ0n) is 8.87. The Morgan fingerprint density at radius 2 is 2.25 bits per heavy atom. The number of hydrogen-bond acceptors (Lipinski definition) is 2. The number of hydrogen-bond donors (Lipinski definition) is 0. The Morgan fingerprint density at radius 1 is 1.50 bits per heavy atom. The van der Waals surface area contributed by atoms with Crippen LogP contribution < -0.4 is 4.74 Å². The minimum Gasteiger partial charge on any atom is -0.494 e. The molecule has 0 aliphatic heterocycles. The maximum atomic E-state index is 12.1. The molecule has 0 heterocycles. The number of benzene rings is 1. The topological polar surface area (TPSA) is 26.3 Å². The van der Waals surface area contributed by atoms with Crippen molar-refractivity contribution >= 4 is 24.0 Å². The van der Waals surface area contributed by atoms with E-state index in [4.69, 9.17) is 16.3 Å². The van der Waals surface area contributed by atoms with Crippen molar-refractivity contribution in [2.24, 2.45) is 0 Å². The van der Waals surface area contributed by atoms with E-state index in [0.717, 1.165) is 6.29 Å². The van der Waals surface area contributed by atoms with Gasteiger partial charge < -0.3 is 9.53 Å². The fourth-order valence-electron chi connectivity index (χ4n) is 1.35. The predicted octanol–water partition coefficient (Wildman–Crippen LogP) is 3.42. The summed E-state index contributed by atoms with van der Waals surface area (Å²) >= 11 is 5.93. The van der Waals surface area contributed by atoms with Crippen LogP contribution in [0.3, 0.4) is 0 Å². The Balaban J connectivity index is 3.18. The first kappa shape index (κ1) is 12.7. The highest BCUT2D eigenvalue weighted by molar-refractivity contribution is 6.32. The lowest BCUT2D eigenvalue weighted by Gasteiger charge is -2.10. The molecular formula is C12H12ClFO2. The van der Waals surface area contributed by atoms with Gasteiger partial charge in [-0.1, -0.05) is 11.6 Å². The second kappa shape index (κ2) is 6.28. The largest absolute Gasteiger partial charge is 0.494 e. The van der Waals surface area contributed by atoms with Crippen LogP contribution in [-0.2, 0) is 11.2 Å². The van der Waals surface area contributed by atoms with E-state index in [9.17, 15) is 9.18 Å². The zero-order valence-corrected chi connectivity index (χ0v) is 9.63. The molecule has 1 rings (SSSR count). The van der Waals surface area contributed by atoms with Gasteiger partial charge in [0.2, 0.25) is 0 Å². The molecule has 0 unspecified atom stereocenters. The Kier molecular flexibility index (Phi) is 4.99. The summed E-state index contributed by atoms with van der Waals surface area (Å²) < 4.78 is 17.4. The summed E-state index contributed by atoms with van der Waals surface area (Å²) in [6.45, 7) is 2.32. The van der Waals surface area contributed by atoms with E-state index in [1.807, 2.05) is 6.92 Å². The van der Waals surface area contributed by atoms with Gasteiger partial charge in [0.05, 0.1) is 12.9 Å². The Morgan fingerprint density at radius 3 is 2.81 bits per heavy atom. The summed E-state index contributed by atoms with van der Waals surface area (Å²) in [5.74, 6) is 0.562. The first-order chi connectivity index (χ1) is 7.72. The molecule has 0 atom stereocenters. The highest BCUT2D eigenvalue weighted by Gasteiger charge is 2.08. The van der Waals surface area contributed by atoms with Gasteiger partial charge in [-0.25, -0.2) is 4.39 Å². The maximum absolute atomic E-state index is 12.1. The van der Waals surface area contributed by atoms with Crippen LogP contribution in [0.15, 0.2) is 18.5 Å². The fraction of sp³-hybridized carbons (Fsp3) is 0.250. The van der Waals surface area contributed by atoms with E-state index in [1.54, 1.807) is 12.1 Å². The third-order valence-corrected chi connectivity index (χ3v) is 2.35. The predicted molar refractivity (Wildman–Crippen MR) is 62.5 cm³/mol. The van der Waals surface area contributed by atoms with Crippen LogP contribution >= 0.6 is 11.6 Å². The molecule has 0 aliphatic carbocycles. The van der Waals surface area contributed by atoms with Crippen LogP contribution in [0, 0.1) is 0 Å². The lowest BCUT2D eigenvalue weighted by molar-refractivity contribution is -0.107. The number of halogens is 2. The molecule has 0 N–H and O–H groups in total. The van der Waals surface area contributed by atoms with Crippen molar-refractivity contribution in [1.29, 1.82) is 0 Å². The second-order valence-electron chi connectivity index (χ2n) is 3.08. The quantitative estimate of drug-likeness (QED) is 0.740. The highest BCUT2D eigenvalue weighted by Crippen LogP contribution is 2.28. The van der Waals surface area contributed by atoms with Crippen molar-refractivity contribution in [3.05, 3.63) is 34.6 Å². The van der Waals surface area contributed by atoms with Crippen molar-refractivity contribution < 1.29 is 13.9 Å². The molecule has 1 aromatic carbocycles. The van der Waals surface area contributed by atoms with Crippen molar-refractivity contribution in [2.45, 2.75) is 13.3 Å². The summed E-state index contributed by atoms with van der Waals surface area (Å²) in [7, 11) is 0. The van der Waals surface area contributed by atoms with Crippen molar-refractivity contribution in [3.63, 3.8) is 0 Å². The van der Waals surface area contributed by atoms with Crippen molar-refractivity contribution in [2.75, 3.05) is 6.61 Å². The van der Waals surface area contributed by atoms with E-state index in [0.29, 0.717) is 34.8 Å². The standard InChI is InChI=1S/C12H12ClFO2/c1-2-16-12-8-9(3-5-14)11(13)7-10(12)4-6-15/h3,5-8H,2,4H2,1H3. The van der Waals surface area contributed by atoms with Crippen molar-refractivity contribution in [3.8, 4) is 5.75 Å². The Hall–Kier alpha value is -1.35. The second-order valence-corrected chi connectivity index (χ2v) is 3.49. The highest BCUT2D eigenvalue weighted by atomic mass is 35.5. The number of carbonyl (C=O) groups excluding carboxylic acids is 1. The van der Waals surface area contributed by atoms with E-state index >= 15 is 0 Å². The molecule has 0 aromatic heterocycles. The molecular weight excluding hydrogens is 231 g/mol. The molecule has 0 radical (unpaired) electrons. The number of aldehydes is 1. The molecule has 16 heavy (non-hydrogen) atoms. The third-order valence-electron chi connectivity index (χ3n) is 2.03. The molecule has 0 amide bonds. The maximum Gasteiger partial charge on any atom is 0.124 e. The minimum absolute atomic E-state index is 0.231. The molecule has 0 saturated heterocycles. The smallest absolute Gasteiger partial charge is 0.124 e. The molecule has 0 aliphatic rings. The van der Waals surface area contributed by atoms with Gasteiger partial charge in [-0.15, -0.1) is 0 Å². The normalized spacial score (nSPS) is 10.7. The van der Waals surface area contributed by atoms with E-state index in [2.05, 4.69) is 0 Å². The molecule has 0 bridgehead atoms. The first-order valence-electron chi connectivity index (χ1n) is 4.88. The molecule has 1 aromatic rings. The number of carbonyl (C=O) groups is 1. The van der Waals surface area contributed by atoms with Crippen LogP contribution in [0.4, 0.5) is 4.39 Å². The third kappa shape index (κ3) is 3.07. The molecule has 0 spiro atoms. The fourth-order valence-corrected chi connectivity index (χ4v) is 1.59. The molecule has 0 saturated carbocycles. The van der Waals surface area contributed by atoms with Crippen molar-refractivity contribution in [1.82, 2.24) is 0 Å². The summed E-state index contributed by atoms with van der Waals surface area (Å²) in [6, 6.07) is 3.25. The van der Waals surface area contributed by atoms with E-state index in [-0.39, 0.29) is 6.42 Å². The van der Waals surface area contributed by atoms with Gasteiger partial charge in [-0.05, 0) is 30.7 Å². The van der Waals surface area contributed by atoms with Gasteiger partial charge in [-0.3, -0.25) is 0 Å². The van der Waals surface area contributed by atoms with Gasteiger partial charge in [0.25, 0.3) is 0 Å². The zero-order chi connectivity index (χ0) is 12.0. The van der Waals surface area contributed by atoms with Crippen LogP contribution in [0.25, 0.3) is 6.08 Å². The summed E-state index contributed by atoms with van der Waals surface area (Å²) in [6.07, 6.45) is 2.67. The van der Waals surface area contributed by atoms with Gasteiger partial charge >= 0.3 is 0 Å². The average molecular weight is 243 g/mol. The van der Waals surface area contributed by atoms with Gasteiger partial charge in [0.1, 0.15) is 12.0 Å². The number of ether oxygens (including phenoxy) is 1. The molecule has 86 valence electrons. The van der Waals surface area contributed by atoms with Gasteiger partial charge in [0, 0.05) is 17.0 Å². The van der Waals surface area contributed by atoms with Crippen LogP contribution in [0.2, 0.25) is 5.02 Å². The summed E-state index contributed by atoms with van der Waals surface area (Å²) in [4.78, 5) is 10.5. The Labute approximate surface area is 98.7 Å². The first-order valence-corrected chi connectivity index (χ1v) is 5.26. The molecule has 0 fully saturated rings. The van der Waals surface area contributed by atoms with E-state index < -0.39 is 0 Å². The van der Waals surface area contributed by atoms with E-state index in [1.165, 1.54) is 6.08 Å². The monoisotopic (exact) mass is 242 g/mol.